The van der Waals surface area contributed by atoms with Gasteiger partial charge in [0.05, 0.1) is 0 Å². The van der Waals surface area contributed by atoms with E-state index in [0.717, 1.165) is 28.8 Å². The van der Waals surface area contributed by atoms with E-state index in [1.807, 2.05) is 55.4 Å². The van der Waals surface area contributed by atoms with Gasteiger partial charge in [-0.1, -0.05) is 35.9 Å². The van der Waals surface area contributed by atoms with E-state index < -0.39 is 5.97 Å². The van der Waals surface area contributed by atoms with Gasteiger partial charge in [0.25, 0.3) is 0 Å². The van der Waals surface area contributed by atoms with Gasteiger partial charge in [-0.3, -0.25) is 4.79 Å². The van der Waals surface area contributed by atoms with Crippen LogP contribution in [0.4, 0.5) is 5.69 Å². The summed E-state index contributed by atoms with van der Waals surface area (Å²) >= 11 is 6.46. The Hall–Kier alpha value is -2.59. The minimum absolute atomic E-state index is 0.121. The van der Waals surface area contributed by atoms with Gasteiger partial charge in [0, 0.05) is 47.9 Å². The molecular weight excluding hydrogens is 362 g/mol. The Labute approximate surface area is 164 Å². The fourth-order valence-corrected chi connectivity index (χ4v) is 3.73. The van der Waals surface area contributed by atoms with Crippen molar-refractivity contribution in [2.24, 2.45) is 0 Å². The van der Waals surface area contributed by atoms with Gasteiger partial charge in [-0.25, -0.2) is 4.79 Å². The lowest BCUT2D eigenvalue weighted by Crippen LogP contribution is -2.10. The first-order valence-electron chi connectivity index (χ1n) is 8.91. The molecule has 5 heteroatoms. The Kier molecular flexibility index (Phi) is 5.66. The molecule has 1 aliphatic rings. The zero-order valence-electron chi connectivity index (χ0n) is 15.5. The molecule has 0 saturated heterocycles. The first kappa shape index (κ1) is 19.2. The van der Waals surface area contributed by atoms with Gasteiger partial charge in [0.1, 0.15) is 0 Å². The molecule has 0 aromatic heterocycles. The highest BCUT2D eigenvalue weighted by molar-refractivity contribution is 6.33. The predicted octanol–water partition coefficient (Wildman–Crippen LogP) is 4.75. The third kappa shape index (κ3) is 4.22. The molecule has 3 rings (SSSR count). The Balaban J connectivity index is 1.80. The average Bonchev–Trinajstić information content (AvgIpc) is 3.12. The summed E-state index contributed by atoms with van der Waals surface area (Å²) in [6.07, 6.45) is 1.92. The van der Waals surface area contributed by atoms with Crippen LogP contribution in [-0.4, -0.2) is 31.0 Å². The number of ketones is 1. The van der Waals surface area contributed by atoms with Crippen LogP contribution in [0.1, 0.15) is 24.8 Å². The van der Waals surface area contributed by atoms with Crippen molar-refractivity contribution < 1.29 is 14.7 Å². The van der Waals surface area contributed by atoms with Crippen molar-refractivity contribution in [1.82, 2.24) is 0 Å². The van der Waals surface area contributed by atoms with Crippen LogP contribution in [0, 0.1) is 0 Å². The lowest BCUT2D eigenvalue weighted by atomic mass is 9.98. The quantitative estimate of drug-likeness (QED) is 0.782. The minimum Gasteiger partial charge on any atom is -0.478 e. The standard InChI is InChI=1S/C22H22ClNO3/c1-24(2)16-9-7-15(8-10-16)17-11-6-14(12-20(17)23)13-21(25)18-4-3-5-19(18)22(26)27/h6-12H,3-5,13H2,1-2H3,(H,26,27). The molecule has 0 aliphatic heterocycles. The first-order valence-corrected chi connectivity index (χ1v) is 9.29. The van der Waals surface area contributed by atoms with Crippen LogP contribution < -0.4 is 4.90 Å². The van der Waals surface area contributed by atoms with E-state index in [1.165, 1.54) is 0 Å². The van der Waals surface area contributed by atoms with Crippen LogP contribution in [0.3, 0.4) is 0 Å². The molecule has 0 spiro atoms. The van der Waals surface area contributed by atoms with Crippen LogP contribution in [-0.2, 0) is 16.0 Å². The Morgan fingerprint density at radius 3 is 2.30 bits per heavy atom. The first-order chi connectivity index (χ1) is 12.9. The van der Waals surface area contributed by atoms with Crippen molar-refractivity contribution in [3.8, 4) is 11.1 Å². The van der Waals surface area contributed by atoms with E-state index in [2.05, 4.69) is 0 Å². The van der Waals surface area contributed by atoms with Crippen molar-refractivity contribution in [3.63, 3.8) is 0 Å². The molecule has 0 heterocycles. The Morgan fingerprint density at radius 1 is 1.04 bits per heavy atom. The second kappa shape index (κ2) is 7.97. The summed E-state index contributed by atoms with van der Waals surface area (Å²) < 4.78 is 0. The Bertz CT molecular complexity index is 914. The van der Waals surface area contributed by atoms with Gasteiger partial charge < -0.3 is 10.0 Å². The molecule has 0 atom stereocenters. The van der Waals surface area contributed by atoms with Crippen molar-refractivity contribution in [1.29, 1.82) is 0 Å². The highest BCUT2D eigenvalue weighted by Gasteiger charge is 2.25. The minimum atomic E-state index is -0.981. The Morgan fingerprint density at radius 2 is 1.70 bits per heavy atom. The molecule has 0 amide bonds. The van der Waals surface area contributed by atoms with E-state index in [9.17, 15) is 14.7 Å². The average molecular weight is 384 g/mol. The van der Waals surface area contributed by atoms with Crippen LogP contribution in [0.15, 0.2) is 53.6 Å². The molecule has 0 saturated carbocycles. The number of Topliss-reactive ketones (excluding diaryl/α,β-unsaturated/α-hetero) is 1. The second-order valence-corrected chi connectivity index (χ2v) is 7.38. The maximum atomic E-state index is 12.5. The number of aliphatic carboxylic acids is 1. The molecular formula is C22H22ClNO3. The number of carbonyl (C=O) groups is 2. The molecule has 1 N–H and O–H groups in total. The summed E-state index contributed by atoms with van der Waals surface area (Å²) in [4.78, 5) is 25.8. The van der Waals surface area contributed by atoms with Gasteiger partial charge in [0.15, 0.2) is 5.78 Å². The lowest BCUT2D eigenvalue weighted by Gasteiger charge is -2.13. The molecule has 1 aliphatic carbocycles. The van der Waals surface area contributed by atoms with Gasteiger partial charge in [-0.05, 0) is 48.6 Å². The van der Waals surface area contributed by atoms with Crippen LogP contribution in [0.2, 0.25) is 5.02 Å². The highest BCUT2D eigenvalue weighted by atomic mass is 35.5. The highest BCUT2D eigenvalue weighted by Crippen LogP contribution is 2.32. The van der Waals surface area contributed by atoms with Crippen LogP contribution in [0.5, 0.6) is 0 Å². The van der Waals surface area contributed by atoms with E-state index >= 15 is 0 Å². The normalized spacial score (nSPS) is 13.7. The second-order valence-electron chi connectivity index (χ2n) is 6.97. The molecule has 4 nitrogen and oxygen atoms in total. The number of hydrogen-bond acceptors (Lipinski definition) is 3. The molecule has 0 radical (unpaired) electrons. The fraction of sp³-hybridized carbons (Fsp3) is 0.273. The number of nitrogens with zero attached hydrogens (tertiary/aromatic N) is 1. The summed E-state index contributed by atoms with van der Waals surface area (Å²) in [5.41, 5.74) is 4.55. The summed E-state index contributed by atoms with van der Waals surface area (Å²) in [6, 6.07) is 13.7. The monoisotopic (exact) mass is 383 g/mol. The van der Waals surface area contributed by atoms with Crippen molar-refractivity contribution in [2.45, 2.75) is 25.7 Å². The van der Waals surface area contributed by atoms with Gasteiger partial charge >= 0.3 is 5.97 Å². The zero-order valence-corrected chi connectivity index (χ0v) is 16.2. The summed E-state index contributed by atoms with van der Waals surface area (Å²) in [5.74, 6) is -1.10. The molecule has 27 heavy (non-hydrogen) atoms. The molecule has 0 unspecified atom stereocenters. The largest absolute Gasteiger partial charge is 0.478 e. The molecule has 0 fully saturated rings. The van der Waals surface area contributed by atoms with Crippen LogP contribution in [0.25, 0.3) is 11.1 Å². The van der Waals surface area contributed by atoms with E-state index in [-0.39, 0.29) is 17.8 Å². The zero-order chi connectivity index (χ0) is 19.6. The summed E-state index contributed by atoms with van der Waals surface area (Å²) in [7, 11) is 3.98. The number of carbonyl (C=O) groups excluding carboxylic acids is 1. The number of carboxylic acid groups (broad SMARTS) is 1. The predicted molar refractivity (Wildman–Crippen MR) is 108 cm³/mol. The maximum Gasteiger partial charge on any atom is 0.331 e. The smallest absolute Gasteiger partial charge is 0.331 e. The SMILES string of the molecule is CN(C)c1ccc(-c2ccc(CC(=O)C3=C(C(=O)O)CCC3)cc2Cl)cc1. The number of allylic oxidation sites excluding steroid dienone is 1. The number of halogens is 1. The topological polar surface area (TPSA) is 57.6 Å². The lowest BCUT2D eigenvalue weighted by molar-refractivity contribution is -0.133. The van der Waals surface area contributed by atoms with Crippen molar-refractivity contribution in [2.75, 3.05) is 19.0 Å². The molecule has 2 aromatic carbocycles. The third-order valence-corrected chi connectivity index (χ3v) is 5.22. The van der Waals surface area contributed by atoms with Crippen LogP contribution >= 0.6 is 11.6 Å². The number of rotatable bonds is 6. The number of hydrogen-bond donors (Lipinski definition) is 1. The third-order valence-electron chi connectivity index (χ3n) is 4.91. The maximum absolute atomic E-state index is 12.5. The van der Waals surface area contributed by atoms with Crippen molar-refractivity contribution >= 4 is 29.0 Å². The van der Waals surface area contributed by atoms with Crippen molar-refractivity contribution in [3.05, 3.63) is 64.2 Å². The molecule has 0 bridgehead atoms. The van der Waals surface area contributed by atoms with E-state index in [0.29, 0.717) is 23.4 Å². The van der Waals surface area contributed by atoms with E-state index in [4.69, 9.17) is 11.6 Å². The summed E-state index contributed by atoms with van der Waals surface area (Å²) in [5, 5.41) is 9.81. The number of anilines is 1. The fourth-order valence-electron chi connectivity index (χ4n) is 3.42. The number of carboxylic acids is 1. The van der Waals surface area contributed by atoms with Gasteiger partial charge in [0.2, 0.25) is 0 Å². The van der Waals surface area contributed by atoms with Gasteiger partial charge in [-0.2, -0.15) is 0 Å². The summed E-state index contributed by atoms with van der Waals surface area (Å²) in [6.45, 7) is 0. The molecule has 140 valence electrons. The van der Waals surface area contributed by atoms with E-state index in [1.54, 1.807) is 6.07 Å². The molecule has 2 aromatic rings. The number of benzene rings is 2. The van der Waals surface area contributed by atoms with Gasteiger partial charge in [-0.15, -0.1) is 0 Å².